The van der Waals surface area contributed by atoms with Crippen LogP contribution < -0.4 is 5.73 Å². The fourth-order valence-corrected chi connectivity index (χ4v) is 1.62. The summed E-state index contributed by atoms with van der Waals surface area (Å²) in [6.07, 6.45) is 2.80. The maximum absolute atomic E-state index is 12.0. The standard InChI is InChI=1S/C14H16N4O3/c1-14(2,3)11-9(8-20-17-11)13(19)21-18-12(15)10-6-4-5-7-16-10/h4-8H,1-3H3,(H2,15,18). The van der Waals surface area contributed by atoms with E-state index < -0.39 is 5.97 Å². The highest BCUT2D eigenvalue weighted by Gasteiger charge is 2.27. The molecule has 0 aliphatic heterocycles. The Morgan fingerprint density at radius 1 is 1.38 bits per heavy atom. The number of nitrogens with two attached hydrogens (primary N) is 1. The predicted octanol–water partition coefficient (Wildman–Crippen LogP) is 1.84. The lowest BCUT2D eigenvalue weighted by Gasteiger charge is -2.14. The third-order valence-electron chi connectivity index (χ3n) is 2.65. The monoisotopic (exact) mass is 288 g/mol. The minimum Gasteiger partial charge on any atom is -0.379 e. The van der Waals surface area contributed by atoms with Crippen LogP contribution in [0.25, 0.3) is 0 Å². The summed E-state index contributed by atoms with van der Waals surface area (Å²) < 4.78 is 4.84. The Labute approximate surface area is 121 Å². The molecular formula is C14H16N4O3. The summed E-state index contributed by atoms with van der Waals surface area (Å²) >= 11 is 0. The van der Waals surface area contributed by atoms with Crippen molar-refractivity contribution in [3.8, 4) is 0 Å². The van der Waals surface area contributed by atoms with E-state index in [9.17, 15) is 4.79 Å². The van der Waals surface area contributed by atoms with Crippen molar-refractivity contribution in [1.82, 2.24) is 10.1 Å². The molecule has 0 atom stereocenters. The summed E-state index contributed by atoms with van der Waals surface area (Å²) in [7, 11) is 0. The van der Waals surface area contributed by atoms with Crippen molar-refractivity contribution in [2.45, 2.75) is 26.2 Å². The maximum atomic E-state index is 12.0. The van der Waals surface area contributed by atoms with Gasteiger partial charge in [-0.2, -0.15) is 0 Å². The molecule has 0 saturated heterocycles. The number of nitrogens with zero attached hydrogens (tertiary/aromatic N) is 3. The summed E-state index contributed by atoms with van der Waals surface area (Å²) in [5.74, 6) is -0.669. The molecule has 110 valence electrons. The zero-order valence-corrected chi connectivity index (χ0v) is 12.0. The van der Waals surface area contributed by atoms with Crippen LogP contribution in [0, 0.1) is 0 Å². The van der Waals surface area contributed by atoms with Gasteiger partial charge >= 0.3 is 5.97 Å². The molecule has 0 radical (unpaired) electrons. The van der Waals surface area contributed by atoms with Crippen molar-refractivity contribution in [2.24, 2.45) is 10.9 Å². The van der Waals surface area contributed by atoms with Gasteiger partial charge in [0.15, 0.2) is 5.84 Å². The molecule has 0 fully saturated rings. The molecule has 2 aromatic heterocycles. The fraction of sp³-hybridized carbons (Fsp3) is 0.286. The zero-order valence-electron chi connectivity index (χ0n) is 12.0. The number of aromatic nitrogens is 2. The molecule has 2 rings (SSSR count). The molecule has 0 unspecified atom stereocenters. The third kappa shape index (κ3) is 3.44. The quantitative estimate of drug-likeness (QED) is 0.400. The first-order valence-electron chi connectivity index (χ1n) is 6.30. The lowest BCUT2D eigenvalue weighted by Crippen LogP contribution is -2.19. The largest absolute Gasteiger partial charge is 0.379 e. The van der Waals surface area contributed by atoms with Gasteiger partial charge in [0.25, 0.3) is 0 Å². The van der Waals surface area contributed by atoms with Crippen LogP contribution >= 0.6 is 0 Å². The lowest BCUT2D eigenvalue weighted by atomic mass is 9.90. The van der Waals surface area contributed by atoms with Gasteiger partial charge in [-0.3, -0.25) is 4.98 Å². The van der Waals surface area contributed by atoms with Crippen LogP contribution in [0.4, 0.5) is 0 Å². The van der Waals surface area contributed by atoms with Gasteiger partial charge in [0, 0.05) is 11.6 Å². The molecule has 2 aromatic rings. The summed E-state index contributed by atoms with van der Waals surface area (Å²) in [5.41, 5.74) is 6.49. The van der Waals surface area contributed by atoms with Gasteiger partial charge in [0.2, 0.25) is 0 Å². The van der Waals surface area contributed by atoms with Crippen LogP contribution in [0.15, 0.2) is 40.3 Å². The average Bonchev–Trinajstić information content (AvgIpc) is 2.95. The van der Waals surface area contributed by atoms with Crippen LogP contribution in [0.1, 0.15) is 42.5 Å². The van der Waals surface area contributed by atoms with Crippen LogP contribution in [0.3, 0.4) is 0 Å². The van der Waals surface area contributed by atoms with Gasteiger partial charge in [-0.15, -0.1) is 0 Å². The van der Waals surface area contributed by atoms with Crippen LogP contribution in [0.5, 0.6) is 0 Å². The van der Waals surface area contributed by atoms with E-state index in [1.54, 1.807) is 24.4 Å². The number of rotatable bonds is 3. The number of carbonyl (C=O) groups excluding carboxylic acids is 1. The van der Waals surface area contributed by atoms with Crippen molar-refractivity contribution in [3.63, 3.8) is 0 Å². The lowest BCUT2D eigenvalue weighted by molar-refractivity contribution is 0.0512. The summed E-state index contributed by atoms with van der Waals surface area (Å²) in [5, 5.41) is 7.41. The SMILES string of the molecule is CC(C)(C)c1nocc1C(=O)ON=C(N)c1ccccn1. The van der Waals surface area contributed by atoms with Crippen molar-refractivity contribution in [1.29, 1.82) is 0 Å². The number of oxime groups is 1. The molecule has 0 saturated carbocycles. The number of hydrogen-bond donors (Lipinski definition) is 1. The van der Waals surface area contributed by atoms with E-state index >= 15 is 0 Å². The van der Waals surface area contributed by atoms with E-state index in [1.165, 1.54) is 6.26 Å². The topological polar surface area (TPSA) is 104 Å². The first-order valence-corrected chi connectivity index (χ1v) is 6.30. The highest BCUT2D eigenvalue weighted by molar-refractivity contribution is 5.96. The first-order chi connectivity index (χ1) is 9.89. The fourth-order valence-electron chi connectivity index (χ4n) is 1.62. The number of amidine groups is 1. The summed E-state index contributed by atoms with van der Waals surface area (Å²) in [6.45, 7) is 5.73. The number of pyridine rings is 1. The minimum atomic E-state index is -0.681. The minimum absolute atomic E-state index is 0.0118. The van der Waals surface area contributed by atoms with Crippen molar-refractivity contribution in [2.75, 3.05) is 0 Å². The zero-order chi connectivity index (χ0) is 15.5. The summed E-state index contributed by atoms with van der Waals surface area (Å²) in [6, 6.07) is 5.16. The molecule has 2 N–H and O–H groups in total. The Balaban J connectivity index is 2.15. The molecule has 0 aromatic carbocycles. The van der Waals surface area contributed by atoms with Crippen molar-refractivity contribution >= 4 is 11.8 Å². The van der Waals surface area contributed by atoms with E-state index in [2.05, 4.69) is 15.3 Å². The van der Waals surface area contributed by atoms with Gasteiger partial charge in [0.1, 0.15) is 23.2 Å². The Hall–Kier alpha value is -2.70. The smallest absolute Gasteiger partial charge is 0.371 e. The van der Waals surface area contributed by atoms with E-state index in [4.69, 9.17) is 15.1 Å². The first kappa shape index (κ1) is 14.7. The predicted molar refractivity (Wildman–Crippen MR) is 75.6 cm³/mol. The second-order valence-corrected chi connectivity index (χ2v) is 5.40. The van der Waals surface area contributed by atoms with Crippen LogP contribution in [-0.4, -0.2) is 21.9 Å². The third-order valence-corrected chi connectivity index (χ3v) is 2.65. The Kier molecular flexibility index (Phi) is 4.02. The Bertz CT molecular complexity index is 656. The Morgan fingerprint density at radius 3 is 2.76 bits per heavy atom. The second kappa shape index (κ2) is 5.74. The van der Waals surface area contributed by atoms with Gasteiger partial charge in [-0.25, -0.2) is 4.79 Å². The Morgan fingerprint density at radius 2 is 2.14 bits per heavy atom. The molecule has 2 heterocycles. The van der Waals surface area contributed by atoms with Gasteiger partial charge < -0.3 is 15.1 Å². The van der Waals surface area contributed by atoms with E-state index in [-0.39, 0.29) is 16.8 Å². The average molecular weight is 288 g/mol. The van der Waals surface area contributed by atoms with Crippen LogP contribution in [0.2, 0.25) is 0 Å². The highest BCUT2D eigenvalue weighted by Crippen LogP contribution is 2.24. The number of hydrogen-bond acceptors (Lipinski definition) is 6. The van der Waals surface area contributed by atoms with Gasteiger partial charge in [-0.1, -0.05) is 37.1 Å². The molecule has 0 aliphatic carbocycles. The van der Waals surface area contributed by atoms with Crippen molar-refractivity contribution < 1.29 is 14.2 Å². The van der Waals surface area contributed by atoms with Gasteiger partial charge in [0.05, 0.1) is 0 Å². The molecule has 0 aliphatic rings. The molecule has 0 bridgehead atoms. The molecule has 0 spiro atoms. The van der Waals surface area contributed by atoms with E-state index in [0.29, 0.717) is 11.4 Å². The number of carbonyl (C=O) groups is 1. The molecule has 7 nitrogen and oxygen atoms in total. The maximum Gasteiger partial charge on any atom is 0.371 e. The highest BCUT2D eigenvalue weighted by atomic mass is 16.7. The van der Waals surface area contributed by atoms with Gasteiger partial charge in [-0.05, 0) is 12.1 Å². The summed E-state index contributed by atoms with van der Waals surface area (Å²) in [4.78, 5) is 20.8. The molecule has 7 heteroatoms. The van der Waals surface area contributed by atoms with E-state index in [1.807, 2.05) is 20.8 Å². The van der Waals surface area contributed by atoms with E-state index in [0.717, 1.165) is 0 Å². The molecule has 21 heavy (non-hydrogen) atoms. The second-order valence-electron chi connectivity index (χ2n) is 5.40. The van der Waals surface area contributed by atoms with Crippen LogP contribution in [-0.2, 0) is 10.3 Å². The molecule has 0 amide bonds. The van der Waals surface area contributed by atoms with Crippen molar-refractivity contribution in [3.05, 3.63) is 47.6 Å². The normalized spacial score (nSPS) is 12.2. The molecular weight excluding hydrogens is 272 g/mol.